The highest BCUT2D eigenvalue weighted by Crippen LogP contribution is 2.36. The third kappa shape index (κ3) is 3.39. The number of hydrogen-bond acceptors (Lipinski definition) is 3. The molecule has 0 fully saturated rings. The number of anilines is 1. The number of nitriles is 1. The molecule has 3 heterocycles. The van der Waals surface area contributed by atoms with E-state index >= 15 is 0 Å². The lowest BCUT2D eigenvalue weighted by molar-refractivity contribution is 0.318. The minimum atomic E-state index is 0.0850. The molecule has 0 spiro atoms. The van der Waals surface area contributed by atoms with Crippen LogP contribution in [0, 0.1) is 17.9 Å². The zero-order valence-electron chi connectivity index (χ0n) is 15.5. The van der Waals surface area contributed by atoms with E-state index in [1.165, 1.54) is 48.3 Å². The molecule has 4 heteroatoms. The standard InChI is InChI=1S/C23H21N3O/c1-16-11-20(22(15-24)25-2)14-21(27-16)8-7-17-12-18-5-3-9-26-10-4-6-19(13-17)23(18)26/h7-8,11-14H,3-6,9-10H2,1H3. The van der Waals surface area contributed by atoms with Crippen molar-refractivity contribution in [1.82, 2.24) is 0 Å². The van der Waals surface area contributed by atoms with E-state index in [0.29, 0.717) is 17.1 Å². The van der Waals surface area contributed by atoms with E-state index in [1.807, 2.05) is 19.1 Å². The molecule has 0 atom stereocenters. The second-order valence-electron chi connectivity index (χ2n) is 7.15. The molecule has 0 bridgehead atoms. The van der Waals surface area contributed by atoms with Crippen molar-refractivity contribution in [1.29, 1.82) is 5.26 Å². The third-order valence-corrected chi connectivity index (χ3v) is 5.22. The van der Waals surface area contributed by atoms with E-state index in [4.69, 9.17) is 16.6 Å². The Morgan fingerprint density at radius 2 is 1.89 bits per heavy atom. The molecule has 0 amide bonds. The van der Waals surface area contributed by atoms with E-state index in [-0.39, 0.29) is 5.70 Å². The number of aryl methyl sites for hydroxylation is 2. The van der Waals surface area contributed by atoms with Crippen LogP contribution in [0.3, 0.4) is 0 Å². The van der Waals surface area contributed by atoms with Crippen molar-refractivity contribution >= 4 is 11.8 Å². The van der Waals surface area contributed by atoms with E-state index in [0.717, 1.165) is 12.8 Å². The second kappa shape index (κ2) is 7.17. The highest BCUT2D eigenvalue weighted by molar-refractivity contribution is 5.68. The maximum Gasteiger partial charge on any atom is 0.269 e. The minimum absolute atomic E-state index is 0.0850. The van der Waals surface area contributed by atoms with Crippen molar-refractivity contribution in [3.05, 3.63) is 81.3 Å². The van der Waals surface area contributed by atoms with Crippen molar-refractivity contribution in [3.8, 4) is 6.07 Å². The van der Waals surface area contributed by atoms with Gasteiger partial charge in [-0.2, -0.15) is 0 Å². The molecule has 0 unspecified atom stereocenters. The summed E-state index contributed by atoms with van der Waals surface area (Å²) in [6, 6.07) is 6.52. The summed E-state index contributed by atoms with van der Waals surface area (Å²) in [7, 11) is 0. The lowest BCUT2D eigenvalue weighted by Gasteiger charge is -2.37. The van der Waals surface area contributed by atoms with Crippen molar-refractivity contribution in [2.75, 3.05) is 18.0 Å². The number of allylic oxidation sites excluding steroid dienone is 6. The predicted octanol–water partition coefficient (Wildman–Crippen LogP) is 4.91. The first-order valence-electron chi connectivity index (χ1n) is 9.36. The Bertz CT molecular complexity index is 948. The van der Waals surface area contributed by atoms with Crippen LogP contribution in [0.1, 0.15) is 36.5 Å². The molecule has 4 nitrogen and oxygen atoms in total. The van der Waals surface area contributed by atoms with Gasteiger partial charge in [-0.05, 0) is 85.2 Å². The molecule has 0 saturated heterocycles. The number of hydrogen-bond donors (Lipinski definition) is 0. The summed E-state index contributed by atoms with van der Waals surface area (Å²) in [5, 5.41) is 9.11. The summed E-state index contributed by atoms with van der Waals surface area (Å²) in [5.41, 5.74) is 6.24. The first-order chi connectivity index (χ1) is 13.2. The van der Waals surface area contributed by atoms with E-state index in [1.54, 1.807) is 12.2 Å². The fourth-order valence-electron chi connectivity index (χ4n) is 4.14. The topological polar surface area (TPSA) is 40.6 Å². The first-order valence-corrected chi connectivity index (χ1v) is 9.36. The predicted molar refractivity (Wildman–Crippen MR) is 106 cm³/mol. The molecular formula is C23H21N3O. The van der Waals surface area contributed by atoms with Gasteiger partial charge in [0.25, 0.3) is 5.70 Å². The van der Waals surface area contributed by atoms with Crippen LogP contribution in [0.5, 0.6) is 0 Å². The molecular weight excluding hydrogens is 334 g/mol. The van der Waals surface area contributed by atoms with Crippen molar-refractivity contribution in [3.63, 3.8) is 0 Å². The van der Waals surface area contributed by atoms with Crippen molar-refractivity contribution in [2.45, 2.75) is 32.6 Å². The largest absolute Gasteiger partial charge is 0.462 e. The van der Waals surface area contributed by atoms with E-state index in [9.17, 15) is 0 Å². The highest BCUT2D eigenvalue weighted by Gasteiger charge is 2.23. The molecule has 4 rings (SSSR count). The summed E-state index contributed by atoms with van der Waals surface area (Å²) in [5.74, 6) is 1.33. The van der Waals surface area contributed by atoms with Crippen molar-refractivity contribution < 1.29 is 4.74 Å². The van der Waals surface area contributed by atoms with Crippen LogP contribution in [0.4, 0.5) is 5.69 Å². The Hall–Kier alpha value is -3.24. The van der Waals surface area contributed by atoms with Crippen LogP contribution in [-0.4, -0.2) is 13.1 Å². The molecule has 27 heavy (non-hydrogen) atoms. The molecule has 1 aromatic carbocycles. The van der Waals surface area contributed by atoms with Gasteiger partial charge < -0.3 is 9.64 Å². The fraction of sp³-hybridized carbons (Fsp3) is 0.304. The second-order valence-corrected chi connectivity index (χ2v) is 7.15. The van der Waals surface area contributed by atoms with Gasteiger partial charge in [0, 0.05) is 18.8 Å². The normalized spacial score (nSPS) is 20.0. The molecule has 3 aliphatic heterocycles. The minimum Gasteiger partial charge on any atom is -0.462 e. The number of ether oxygens (including phenoxy) is 1. The molecule has 1 aromatic rings. The monoisotopic (exact) mass is 355 g/mol. The van der Waals surface area contributed by atoms with Crippen molar-refractivity contribution in [2.24, 2.45) is 0 Å². The molecule has 3 aliphatic rings. The third-order valence-electron chi connectivity index (χ3n) is 5.22. The van der Waals surface area contributed by atoms with Gasteiger partial charge in [0.1, 0.15) is 11.5 Å². The Balaban J connectivity index is 1.65. The average molecular weight is 355 g/mol. The highest BCUT2D eigenvalue weighted by atomic mass is 16.5. The number of rotatable bonds is 2. The molecule has 0 N–H and O–H groups in total. The van der Waals surface area contributed by atoms with Gasteiger partial charge in [0.05, 0.1) is 12.6 Å². The maximum absolute atomic E-state index is 9.11. The summed E-state index contributed by atoms with van der Waals surface area (Å²) >= 11 is 0. The number of nitrogens with zero attached hydrogens (tertiary/aromatic N) is 3. The van der Waals surface area contributed by atoms with Gasteiger partial charge in [-0.3, -0.25) is 0 Å². The van der Waals surface area contributed by atoms with Gasteiger partial charge in [0.15, 0.2) is 0 Å². The maximum atomic E-state index is 9.11. The quantitative estimate of drug-likeness (QED) is 0.559. The molecule has 0 aromatic heterocycles. The molecule has 0 radical (unpaired) electrons. The summed E-state index contributed by atoms with van der Waals surface area (Å²) in [6.07, 6.45) is 12.2. The van der Waals surface area contributed by atoms with Gasteiger partial charge in [0.2, 0.25) is 0 Å². The smallest absolute Gasteiger partial charge is 0.269 e. The van der Waals surface area contributed by atoms with E-state index in [2.05, 4.69) is 28.0 Å². The Labute approximate surface area is 160 Å². The number of benzene rings is 1. The summed E-state index contributed by atoms with van der Waals surface area (Å²) in [6.45, 7) is 11.3. The van der Waals surface area contributed by atoms with Crippen LogP contribution >= 0.6 is 0 Å². The Morgan fingerprint density at radius 1 is 1.19 bits per heavy atom. The zero-order valence-corrected chi connectivity index (χ0v) is 15.5. The van der Waals surface area contributed by atoms with Gasteiger partial charge >= 0.3 is 0 Å². The van der Waals surface area contributed by atoms with Gasteiger partial charge in [-0.1, -0.05) is 6.08 Å². The molecule has 0 aliphatic carbocycles. The van der Waals surface area contributed by atoms with E-state index < -0.39 is 0 Å². The van der Waals surface area contributed by atoms with Gasteiger partial charge in [-0.25, -0.2) is 10.1 Å². The summed E-state index contributed by atoms with van der Waals surface area (Å²) < 4.78 is 5.76. The lowest BCUT2D eigenvalue weighted by atomic mass is 9.90. The first kappa shape index (κ1) is 17.2. The summed E-state index contributed by atoms with van der Waals surface area (Å²) in [4.78, 5) is 5.84. The van der Waals surface area contributed by atoms with Gasteiger partial charge in [-0.15, -0.1) is 0 Å². The average Bonchev–Trinajstić information content (AvgIpc) is 2.67. The Kier molecular flexibility index (Phi) is 4.57. The van der Waals surface area contributed by atoms with Crippen LogP contribution in [-0.2, 0) is 17.6 Å². The van der Waals surface area contributed by atoms with Crippen LogP contribution in [0.25, 0.3) is 10.9 Å². The lowest BCUT2D eigenvalue weighted by Crippen LogP contribution is -2.34. The fourth-order valence-corrected chi connectivity index (χ4v) is 4.14. The molecule has 134 valence electrons. The van der Waals surface area contributed by atoms with Crippen LogP contribution < -0.4 is 4.90 Å². The Morgan fingerprint density at radius 3 is 2.52 bits per heavy atom. The van der Waals surface area contributed by atoms with Crippen LogP contribution in [0.15, 0.2) is 53.1 Å². The molecule has 0 saturated carbocycles. The van der Waals surface area contributed by atoms with Crippen LogP contribution in [0.2, 0.25) is 0 Å². The zero-order chi connectivity index (χ0) is 18.8. The SMILES string of the molecule is [C-]#[N+]C(C#N)=C1C=C(C)OC(C=Cc2cc3c4c(c2)CCCN4CCC3)=C1.